The quantitative estimate of drug-likeness (QED) is 0.594. The number of carbonyl (C=O) groups excluding carboxylic acids is 1. The van der Waals surface area contributed by atoms with E-state index in [0.717, 1.165) is 6.20 Å². The number of nitro groups is 1. The van der Waals surface area contributed by atoms with Gasteiger partial charge in [0.05, 0.1) is 6.54 Å². The molecule has 11 heteroatoms. The fourth-order valence-electron chi connectivity index (χ4n) is 1.90. The highest BCUT2D eigenvalue weighted by Gasteiger charge is 2.27. The maximum absolute atomic E-state index is 12.8. The van der Waals surface area contributed by atoms with Gasteiger partial charge in [0.2, 0.25) is 0 Å². The summed E-state index contributed by atoms with van der Waals surface area (Å²) in [4.78, 5) is 25.1. The molecule has 0 aliphatic heterocycles. The summed E-state index contributed by atoms with van der Waals surface area (Å²) in [5.74, 6) is -0.913. The van der Waals surface area contributed by atoms with Crippen molar-refractivity contribution in [3.63, 3.8) is 0 Å². The Kier molecular flexibility index (Phi) is 5.55. The number of aromatic nitrogens is 2. The predicted octanol–water partition coefficient (Wildman–Crippen LogP) is 2.58. The molecule has 1 aromatic heterocycles. The van der Waals surface area contributed by atoms with Gasteiger partial charge >= 0.3 is 17.2 Å². The largest absolute Gasteiger partial charge is 0.446 e. The maximum Gasteiger partial charge on any atom is 0.411 e. The Balaban J connectivity index is 1.91. The fraction of sp³-hybridized carbons (Fsp3) is 0.286. The number of hydrogen-bond acceptors (Lipinski definition) is 6. The molecule has 1 atom stereocenters. The van der Waals surface area contributed by atoms with Crippen molar-refractivity contribution in [3.05, 3.63) is 51.7 Å². The molecule has 1 amide bonds. The minimum absolute atomic E-state index is 0.178. The number of halogens is 2. The number of benzene rings is 1. The van der Waals surface area contributed by atoms with E-state index in [2.05, 4.69) is 10.3 Å². The van der Waals surface area contributed by atoms with Crippen LogP contribution in [0.1, 0.15) is 6.92 Å². The van der Waals surface area contributed by atoms with Gasteiger partial charge in [0, 0.05) is 5.69 Å². The highest BCUT2D eigenvalue weighted by molar-refractivity contribution is 6.28. The Hall–Kier alpha value is -2.72. The van der Waals surface area contributed by atoms with E-state index in [1.54, 1.807) is 0 Å². The predicted molar refractivity (Wildman–Crippen MR) is 85.9 cm³/mol. The molecule has 25 heavy (non-hydrogen) atoms. The molecule has 0 saturated heterocycles. The minimum Gasteiger partial charge on any atom is -0.446 e. The molecule has 0 bridgehead atoms. The highest BCUT2D eigenvalue weighted by atomic mass is 35.5. The Morgan fingerprint density at radius 3 is 2.72 bits per heavy atom. The van der Waals surface area contributed by atoms with Gasteiger partial charge in [0.15, 0.2) is 0 Å². The number of imidazole rings is 1. The van der Waals surface area contributed by atoms with Crippen LogP contribution in [0.5, 0.6) is 0 Å². The van der Waals surface area contributed by atoms with Crippen molar-refractivity contribution in [1.82, 2.24) is 9.55 Å². The van der Waals surface area contributed by atoms with Gasteiger partial charge in [0.25, 0.3) is 0 Å². The molecule has 2 N–H and O–H groups in total. The van der Waals surface area contributed by atoms with Crippen LogP contribution in [0, 0.1) is 15.9 Å². The molecule has 1 aromatic carbocycles. The standard InChI is InChI=1S/C14H14ClFN4O5/c1-14(22,7-19-6-11(20(23)24)18-12(19)15)8-25-13(21)17-10-4-2-9(16)3-5-10/h2-6,22H,7-8H2,1H3,(H,17,21)/t14-/m1/s1. The van der Waals surface area contributed by atoms with E-state index < -0.39 is 34.9 Å². The van der Waals surface area contributed by atoms with E-state index in [4.69, 9.17) is 16.3 Å². The van der Waals surface area contributed by atoms with Crippen LogP contribution in [-0.4, -0.2) is 37.9 Å². The van der Waals surface area contributed by atoms with Gasteiger partial charge in [0.1, 0.15) is 24.2 Å². The summed E-state index contributed by atoms with van der Waals surface area (Å²) < 4.78 is 18.9. The molecule has 0 unspecified atom stereocenters. The first kappa shape index (κ1) is 18.6. The SMILES string of the molecule is C[C@](O)(COC(=O)Nc1ccc(F)cc1)Cn1cc([N+](=O)[O-])nc1Cl. The third-order valence-corrected chi connectivity index (χ3v) is 3.32. The Bertz CT molecular complexity index is 778. The van der Waals surface area contributed by atoms with Gasteiger partial charge < -0.3 is 20.0 Å². The summed E-state index contributed by atoms with van der Waals surface area (Å²) in [6, 6.07) is 5.03. The lowest BCUT2D eigenvalue weighted by Gasteiger charge is -2.23. The number of aliphatic hydroxyl groups is 1. The minimum atomic E-state index is -1.56. The van der Waals surface area contributed by atoms with E-state index in [0.29, 0.717) is 5.69 Å². The number of nitrogens with one attached hydrogen (secondary N) is 1. The zero-order valence-electron chi connectivity index (χ0n) is 13.0. The maximum atomic E-state index is 12.8. The van der Waals surface area contributed by atoms with Gasteiger partial charge in [-0.05, 0) is 52.7 Å². The van der Waals surface area contributed by atoms with Crippen molar-refractivity contribution in [3.8, 4) is 0 Å². The summed E-state index contributed by atoms with van der Waals surface area (Å²) in [5, 5.41) is 23.1. The smallest absolute Gasteiger partial charge is 0.411 e. The molecule has 2 rings (SSSR count). The average Bonchev–Trinajstić information content (AvgIpc) is 2.88. The topological polar surface area (TPSA) is 120 Å². The third-order valence-electron chi connectivity index (χ3n) is 3.02. The number of anilines is 1. The van der Waals surface area contributed by atoms with Crippen molar-refractivity contribution >= 4 is 29.2 Å². The van der Waals surface area contributed by atoms with E-state index >= 15 is 0 Å². The van der Waals surface area contributed by atoms with Crippen LogP contribution in [0.15, 0.2) is 30.5 Å². The lowest BCUT2D eigenvalue weighted by molar-refractivity contribution is -0.389. The number of nitrogens with zero attached hydrogens (tertiary/aromatic N) is 3. The Morgan fingerprint density at radius 1 is 1.52 bits per heavy atom. The zero-order valence-corrected chi connectivity index (χ0v) is 13.7. The van der Waals surface area contributed by atoms with Crippen molar-refractivity contribution in [1.29, 1.82) is 0 Å². The molecule has 9 nitrogen and oxygen atoms in total. The molecule has 1 heterocycles. The molecule has 0 aliphatic carbocycles. The normalized spacial score (nSPS) is 13.1. The summed E-state index contributed by atoms with van der Waals surface area (Å²) in [5.41, 5.74) is -1.24. The van der Waals surface area contributed by atoms with Crippen molar-refractivity contribution in [2.45, 2.75) is 19.1 Å². The van der Waals surface area contributed by atoms with Crippen LogP contribution in [-0.2, 0) is 11.3 Å². The monoisotopic (exact) mass is 372 g/mol. The van der Waals surface area contributed by atoms with Crippen LogP contribution in [0.25, 0.3) is 0 Å². The Morgan fingerprint density at radius 2 is 2.16 bits per heavy atom. The van der Waals surface area contributed by atoms with Gasteiger partial charge in [-0.25, -0.2) is 9.18 Å². The number of carbonyl (C=O) groups is 1. The van der Waals surface area contributed by atoms with Crippen molar-refractivity contribution in [2.24, 2.45) is 0 Å². The van der Waals surface area contributed by atoms with Gasteiger partial charge in [-0.2, -0.15) is 0 Å². The summed E-state index contributed by atoms with van der Waals surface area (Å²) in [7, 11) is 0. The van der Waals surface area contributed by atoms with Gasteiger partial charge in [-0.1, -0.05) is 0 Å². The Labute approximate surface area is 146 Å². The second kappa shape index (κ2) is 7.45. The average molecular weight is 373 g/mol. The van der Waals surface area contributed by atoms with E-state index in [-0.39, 0.29) is 11.8 Å². The van der Waals surface area contributed by atoms with Gasteiger partial charge in [-0.15, -0.1) is 0 Å². The molecule has 0 fully saturated rings. The lowest BCUT2D eigenvalue weighted by Crippen LogP contribution is -2.37. The molecule has 0 aliphatic rings. The second-order valence-corrected chi connectivity index (χ2v) is 5.80. The van der Waals surface area contributed by atoms with Crippen molar-refractivity contribution < 1.29 is 24.0 Å². The molecule has 0 spiro atoms. The number of amides is 1. The highest BCUT2D eigenvalue weighted by Crippen LogP contribution is 2.19. The van der Waals surface area contributed by atoms with Crippen LogP contribution in [0.2, 0.25) is 5.28 Å². The molecular weight excluding hydrogens is 359 g/mol. The second-order valence-electron chi connectivity index (χ2n) is 5.46. The number of rotatable bonds is 6. The number of ether oxygens (including phenoxy) is 1. The van der Waals surface area contributed by atoms with E-state index in [1.807, 2.05) is 0 Å². The van der Waals surface area contributed by atoms with E-state index in [1.165, 1.54) is 35.8 Å². The van der Waals surface area contributed by atoms with Gasteiger partial charge in [-0.3, -0.25) is 9.88 Å². The van der Waals surface area contributed by atoms with Crippen LogP contribution < -0.4 is 5.32 Å². The molecule has 2 aromatic rings. The first-order chi connectivity index (χ1) is 11.7. The third kappa shape index (κ3) is 5.40. The summed E-state index contributed by atoms with van der Waals surface area (Å²) in [6.45, 7) is 0.763. The van der Waals surface area contributed by atoms with Crippen LogP contribution in [0.4, 0.5) is 20.7 Å². The number of hydrogen-bond donors (Lipinski definition) is 2. The first-order valence-electron chi connectivity index (χ1n) is 6.95. The molecule has 134 valence electrons. The molecule has 0 saturated carbocycles. The van der Waals surface area contributed by atoms with Crippen LogP contribution in [0.3, 0.4) is 0 Å². The zero-order chi connectivity index (χ0) is 18.6. The summed E-state index contributed by atoms with van der Waals surface area (Å²) in [6.07, 6.45) is 0.213. The fourth-order valence-corrected chi connectivity index (χ4v) is 2.10. The van der Waals surface area contributed by atoms with Crippen molar-refractivity contribution in [2.75, 3.05) is 11.9 Å². The molecular formula is C14H14ClFN4O5. The summed E-state index contributed by atoms with van der Waals surface area (Å²) >= 11 is 5.76. The van der Waals surface area contributed by atoms with E-state index in [9.17, 15) is 24.4 Å². The molecule has 0 radical (unpaired) electrons. The van der Waals surface area contributed by atoms with Crippen LogP contribution >= 0.6 is 11.6 Å². The lowest BCUT2D eigenvalue weighted by atomic mass is 10.1. The first-order valence-corrected chi connectivity index (χ1v) is 7.33.